The quantitative estimate of drug-likeness (QED) is 0.481. The maximum absolute atomic E-state index is 14.1. The fourth-order valence-electron chi connectivity index (χ4n) is 3.67. The van der Waals surface area contributed by atoms with Gasteiger partial charge in [-0.25, -0.2) is 4.39 Å². The molecule has 30 heavy (non-hydrogen) atoms. The van der Waals surface area contributed by atoms with Gasteiger partial charge in [-0.1, -0.05) is 49.4 Å². The van der Waals surface area contributed by atoms with Crippen molar-refractivity contribution in [1.82, 2.24) is 10.2 Å². The number of fused-ring (bicyclic) bond motifs is 2. The van der Waals surface area contributed by atoms with E-state index in [4.69, 9.17) is 4.42 Å². The van der Waals surface area contributed by atoms with Crippen molar-refractivity contribution < 1.29 is 13.6 Å². The molecule has 0 saturated carbocycles. The highest BCUT2D eigenvalue weighted by Crippen LogP contribution is 2.42. The van der Waals surface area contributed by atoms with Crippen molar-refractivity contribution in [3.05, 3.63) is 86.5 Å². The number of benzene rings is 2. The predicted molar refractivity (Wildman–Crippen MR) is 112 cm³/mol. The van der Waals surface area contributed by atoms with Crippen molar-refractivity contribution in [2.45, 2.75) is 25.8 Å². The van der Waals surface area contributed by atoms with Crippen molar-refractivity contribution in [3.63, 3.8) is 0 Å². The first-order chi connectivity index (χ1) is 14.5. The topological polar surface area (TPSA) is 76.3 Å². The normalized spacial score (nSPS) is 15.9. The Morgan fingerprint density at radius 1 is 1.10 bits per heavy atom. The zero-order valence-corrected chi connectivity index (χ0v) is 16.9. The number of halogens is 1. The molecule has 0 saturated heterocycles. The van der Waals surface area contributed by atoms with E-state index < -0.39 is 17.8 Å². The Labute approximate surface area is 174 Å². The van der Waals surface area contributed by atoms with E-state index in [1.54, 1.807) is 36.4 Å². The van der Waals surface area contributed by atoms with Crippen LogP contribution in [0.15, 0.2) is 57.7 Å². The third-order valence-corrected chi connectivity index (χ3v) is 6.30. The van der Waals surface area contributed by atoms with Crippen LogP contribution in [-0.4, -0.2) is 16.1 Å². The molecular weight excluding hydrogens is 405 g/mol. The number of carbonyl (C=O) groups is 1. The van der Waals surface area contributed by atoms with E-state index in [1.807, 2.05) is 13.8 Å². The number of nitrogens with zero attached hydrogens (tertiary/aromatic N) is 3. The van der Waals surface area contributed by atoms with Crippen molar-refractivity contribution >= 4 is 33.3 Å². The molecule has 0 N–H and O–H groups in total. The van der Waals surface area contributed by atoms with Crippen LogP contribution in [0.3, 0.4) is 0 Å². The molecule has 1 aliphatic rings. The van der Waals surface area contributed by atoms with Gasteiger partial charge in [0.1, 0.15) is 16.4 Å². The van der Waals surface area contributed by atoms with E-state index >= 15 is 0 Å². The second-order valence-corrected chi connectivity index (χ2v) is 8.37. The average Bonchev–Trinajstić information content (AvgIpc) is 3.32. The number of anilines is 1. The van der Waals surface area contributed by atoms with E-state index in [0.29, 0.717) is 21.7 Å². The van der Waals surface area contributed by atoms with E-state index in [-0.39, 0.29) is 22.7 Å². The molecule has 4 aromatic rings. The van der Waals surface area contributed by atoms with Gasteiger partial charge in [-0.3, -0.25) is 14.5 Å². The molecule has 0 bridgehead atoms. The molecule has 1 aliphatic heterocycles. The van der Waals surface area contributed by atoms with E-state index in [0.717, 1.165) is 5.01 Å². The van der Waals surface area contributed by atoms with Crippen LogP contribution in [-0.2, 0) is 0 Å². The van der Waals surface area contributed by atoms with Gasteiger partial charge in [-0.2, -0.15) is 0 Å². The highest BCUT2D eigenvalue weighted by atomic mass is 32.1. The Balaban J connectivity index is 1.79. The van der Waals surface area contributed by atoms with Crippen LogP contribution in [0.2, 0.25) is 0 Å². The summed E-state index contributed by atoms with van der Waals surface area (Å²) < 4.78 is 19.9. The minimum absolute atomic E-state index is 0.0470. The lowest BCUT2D eigenvalue weighted by molar-refractivity contribution is 0.0970. The summed E-state index contributed by atoms with van der Waals surface area (Å²) in [5, 5.41) is 9.83. The van der Waals surface area contributed by atoms with Gasteiger partial charge in [0, 0.05) is 5.92 Å². The lowest BCUT2D eigenvalue weighted by atomic mass is 9.98. The third-order valence-electron chi connectivity index (χ3n) is 5.07. The zero-order chi connectivity index (χ0) is 21.0. The van der Waals surface area contributed by atoms with Crippen molar-refractivity contribution in [3.8, 4) is 0 Å². The standard InChI is InChI=1S/C22H16FN3O3S/c1-11(2)20-24-25-22(30-20)26-17(12-6-5-7-13(23)10-12)16-18(27)14-8-3-4-9-15(14)29-19(16)21(26)28/h3-11,17H,1-2H3/t17-/m0/s1. The summed E-state index contributed by atoms with van der Waals surface area (Å²) in [6, 6.07) is 11.8. The molecule has 150 valence electrons. The molecule has 0 fully saturated rings. The van der Waals surface area contributed by atoms with Crippen LogP contribution in [0, 0.1) is 5.82 Å². The minimum Gasteiger partial charge on any atom is -0.450 e. The second-order valence-electron chi connectivity index (χ2n) is 7.38. The van der Waals surface area contributed by atoms with Gasteiger partial charge in [-0.15, -0.1) is 10.2 Å². The van der Waals surface area contributed by atoms with Crippen LogP contribution in [0.25, 0.3) is 11.0 Å². The zero-order valence-electron chi connectivity index (χ0n) is 16.1. The Morgan fingerprint density at radius 3 is 2.63 bits per heavy atom. The molecule has 1 amide bonds. The minimum atomic E-state index is -0.850. The molecule has 0 aliphatic carbocycles. The number of rotatable bonds is 3. The molecule has 0 unspecified atom stereocenters. The van der Waals surface area contributed by atoms with Crippen LogP contribution in [0.5, 0.6) is 0 Å². The summed E-state index contributed by atoms with van der Waals surface area (Å²) in [6.45, 7) is 3.96. The molecule has 0 radical (unpaired) electrons. The molecule has 5 rings (SSSR count). The Kier molecular flexibility index (Phi) is 4.25. The molecular formula is C22H16FN3O3S. The number of aromatic nitrogens is 2. The lowest BCUT2D eigenvalue weighted by Crippen LogP contribution is -2.29. The molecule has 8 heteroatoms. The second kappa shape index (κ2) is 6.84. The number of hydrogen-bond acceptors (Lipinski definition) is 6. The molecule has 6 nitrogen and oxygen atoms in total. The highest BCUT2D eigenvalue weighted by molar-refractivity contribution is 7.15. The fraction of sp³-hybridized carbons (Fsp3) is 0.182. The van der Waals surface area contributed by atoms with Gasteiger partial charge in [0.15, 0.2) is 5.43 Å². The molecule has 2 aromatic heterocycles. The first kappa shape index (κ1) is 18.6. The average molecular weight is 421 g/mol. The highest BCUT2D eigenvalue weighted by Gasteiger charge is 2.45. The van der Waals surface area contributed by atoms with E-state index in [9.17, 15) is 14.0 Å². The first-order valence-corrected chi connectivity index (χ1v) is 10.3. The number of amides is 1. The smallest absolute Gasteiger partial charge is 0.297 e. The van der Waals surface area contributed by atoms with Crippen LogP contribution >= 0.6 is 11.3 Å². The Bertz CT molecular complexity index is 1360. The monoisotopic (exact) mass is 421 g/mol. The first-order valence-electron chi connectivity index (χ1n) is 9.44. The molecule has 2 aromatic carbocycles. The summed E-state index contributed by atoms with van der Waals surface area (Å²) >= 11 is 1.27. The third kappa shape index (κ3) is 2.75. The van der Waals surface area contributed by atoms with E-state index in [2.05, 4.69) is 10.2 Å². The Hall–Kier alpha value is -3.39. The number of carbonyl (C=O) groups excluding carboxylic acids is 1. The lowest BCUT2D eigenvalue weighted by Gasteiger charge is -2.22. The van der Waals surface area contributed by atoms with Gasteiger partial charge < -0.3 is 4.42 Å². The van der Waals surface area contributed by atoms with Crippen molar-refractivity contribution in [2.75, 3.05) is 4.90 Å². The van der Waals surface area contributed by atoms with Crippen molar-refractivity contribution in [2.24, 2.45) is 0 Å². The maximum Gasteiger partial charge on any atom is 0.297 e. The van der Waals surface area contributed by atoms with Gasteiger partial charge in [0.05, 0.1) is 17.0 Å². The summed E-state index contributed by atoms with van der Waals surface area (Å²) in [5.74, 6) is -0.868. The number of hydrogen-bond donors (Lipinski definition) is 0. The molecule has 0 spiro atoms. The SMILES string of the molecule is CC(C)c1nnc(N2C(=O)c3oc4ccccc4c(=O)c3[C@@H]2c2cccc(F)c2)s1. The van der Waals surface area contributed by atoms with Gasteiger partial charge in [0.25, 0.3) is 5.91 Å². The van der Waals surface area contributed by atoms with Crippen molar-refractivity contribution in [1.29, 1.82) is 0 Å². The van der Waals surface area contributed by atoms with Crippen LogP contribution < -0.4 is 10.3 Å². The Morgan fingerprint density at radius 2 is 1.90 bits per heavy atom. The summed E-state index contributed by atoms with van der Waals surface area (Å²) in [6.07, 6.45) is 0. The van der Waals surface area contributed by atoms with Gasteiger partial charge in [0.2, 0.25) is 10.9 Å². The largest absolute Gasteiger partial charge is 0.450 e. The van der Waals surface area contributed by atoms with Gasteiger partial charge >= 0.3 is 0 Å². The summed E-state index contributed by atoms with van der Waals surface area (Å²) in [5.41, 5.74) is 0.664. The van der Waals surface area contributed by atoms with Crippen LogP contribution in [0.4, 0.5) is 9.52 Å². The molecule has 3 heterocycles. The van der Waals surface area contributed by atoms with Gasteiger partial charge in [-0.05, 0) is 29.8 Å². The molecule has 1 atom stereocenters. The predicted octanol–water partition coefficient (Wildman–Crippen LogP) is 4.66. The summed E-state index contributed by atoms with van der Waals surface area (Å²) in [4.78, 5) is 28.1. The fourth-order valence-corrected chi connectivity index (χ4v) is 4.54. The summed E-state index contributed by atoms with van der Waals surface area (Å²) in [7, 11) is 0. The maximum atomic E-state index is 14.1. The van der Waals surface area contributed by atoms with E-state index in [1.165, 1.54) is 28.4 Å². The number of para-hydroxylation sites is 1. The van der Waals surface area contributed by atoms with Crippen LogP contribution in [0.1, 0.15) is 52.5 Å².